The summed E-state index contributed by atoms with van der Waals surface area (Å²) < 4.78 is 6.95. The molecule has 0 aliphatic carbocycles. The molecule has 0 radical (unpaired) electrons. The number of para-hydroxylation sites is 2. The lowest BCUT2D eigenvalue weighted by Crippen LogP contribution is -2.27. The number of benzene rings is 1. The lowest BCUT2D eigenvalue weighted by molar-refractivity contribution is -0.122. The molecule has 3 aromatic rings. The Bertz CT molecular complexity index is 928. The van der Waals surface area contributed by atoms with Crippen molar-refractivity contribution in [1.82, 2.24) is 24.8 Å². The maximum atomic E-state index is 11.4. The second-order valence-electron chi connectivity index (χ2n) is 4.69. The predicted octanol–water partition coefficient (Wildman–Crippen LogP) is -0.0649. The number of likely N-dealkylation sites (N-methyl/N-ethyl adjacent to an activating group) is 1. The van der Waals surface area contributed by atoms with Gasteiger partial charge in [0.15, 0.2) is 12.3 Å². The molecule has 2 aromatic heterocycles. The number of fused-ring (bicyclic) bond motifs is 1. The van der Waals surface area contributed by atoms with Crippen molar-refractivity contribution in [3.8, 4) is 11.4 Å². The van der Waals surface area contributed by atoms with E-state index in [0.717, 1.165) is 0 Å². The van der Waals surface area contributed by atoms with Crippen LogP contribution < -0.4 is 21.4 Å². The zero-order chi connectivity index (χ0) is 16.4. The molecule has 0 fully saturated rings. The molecular weight excluding hydrogens is 298 g/mol. The molecule has 0 aliphatic rings. The topological polar surface area (TPSA) is 135 Å². The Morgan fingerprint density at radius 1 is 1.48 bits per heavy atom. The Hall–Kier alpha value is -3.36. The first-order valence-corrected chi connectivity index (χ1v) is 6.81. The molecule has 9 heteroatoms. The molecule has 3 rings (SSSR count). The van der Waals surface area contributed by atoms with E-state index in [2.05, 4.69) is 20.3 Å². The van der Waals surface area contributed by atoms with E-state index in [9.17, 15) is 4.79 Å². The van der Waals surface area contributed by atoms with E-state index in [1.54, 1.807) is 24.3 Å². The highest BCUT2D eigenvalue weighted by atomic mass is 16.5. The number of carbonyl (C=O) groups is 1. The molecule has 0 bridgehead atoms. The summed E-state index contributed by atoms with van der Waals surface area (Å²) in [5, 5.41) is 10.6. The Morgan fingerprint density at radius 3 is 3.04 bits per heavy atom. The molecule has 1 aromatic carbocycles. The minimum Gasteiger partial charge on any atom is -0.482 e. The van der Waals surface area contributed by atoms with Crippen molar-refractivity contribution in [2.45, 2.75) is 0 Å². The molecule has 1 amide bonds. The Labute approximate surface area is 130 Å². The number of aromatic amines is 1. The van der Waals surface area contributed by atoms with Crippen LogP contribution in [-0.4, -0.2) is 39.1 Å². The van der Waals surface area contributed by atoms with Crippen LogP contribution in [0.4, 0.5) is 5.82 Å². The van der Waals surface area contributed by atoms with Crippen molar-refractivity contribution in [2.24, 2.45) is 0 Å². The number of aromatic nitrogens is 4. The van der Waals surface area contributed by atoms with Crippen molar-refractivity contribution in [3.05, 3.63) is 36.2 Å². The van der Waals surface area contributed by atoms with Crippen LogP contribution in [0.15, 0.2) is 30.6 Å². The third-order valence-electron chi connectivity index (χ3n) is 3.28. The maximum Gasteiger partial charge on any atom is 0.257 e. The van der Waals surface area contributed by atoms with Crippen LogP contribution in [0.25, 0.3) is 16.9 Å². The normalized spacial score (nSPS) is 10.7. The van der Waals surface area contributed by atoms with Gasteiger partial charge in [0.05, 0.1) is 12.0 Å². The van der Waals surface area contributed by atoms with Gasteiger partial charge in [0.25, 0.3) is 5.91 Å². The van der Waals surface area contributed by atoms with Crippen LogP contribution in [0.1, 0.15) is 0 Å². The quantitative estimate of drug-likeness (QED) is 0.535. The van der Waals surface area contributed by atoms with Crippen molar-refractivity contribution in [3.63, 3.8) is 0 Å². The summed E-state index contributed by atoms with van der Waals surface area (Å²) in [4.78, 5) is 22.4. The third-order valence-corrected chi connectivity index (χ3v) is 3.28. The molecule has 0 atom stereocenters. The second kappa shape index (κ2) is 5.79. The fourth-order valence-corrected chi connectivity index (χ4v) is 2.16. The number of anilines is 1. The van der Waals surface area contributed by atoms with Crippen LogP contribution in [0.2, 0.25) is 0 Å². The van der Waals surface area contributed by atoms with E-state index in [-0.39, 0.29) is 24.0 Å². The highest BCUT2D eigenvalue weighted by molar-refractivity contribution is 5.82. The Balaban J connectivity index is 2.12. The summed E-state index contributed by atoms with van der Waals surface area (Å²) in [7, 11) is 1.53. The first-order valence-electron chi connectivity index (χ1n) is 6.81. The van der Waals surface area contributed by atoms with Crippen LogP contribution in [0, 0.1) is 5.41 Å². The van der Waals surface area contributed by atoms with Gasteiger partial charge in [-0.2, -0.15) is 4.98 Å². The Kier molecular flexibility index (Phi) is 3.67. The lowest BCUT2D eigenvalue weighted by atomic mass is 10.3. The number of imidazole rings is 1. The molecular formula is C14H15N7O2. The van der Waals surface area contributed by atoms with Crippen LogP contribution in [-0.2, 0) is 4.79 Å². The summed E-state index contributed by atoms with van der Waals surface area (Å²) >= 11 is 0. The molecule has 0 aliphatic heterocycles. The average Bonchev–Trinajstić information content (AvgIpc) is 3.02. The molecule has 2 heterocycles. The van der Waals surface area contributed by atoms with Gasteiger partial charge in [-0.05, 0) is 12.1 Å². The van der Waals surface area contributed by atoms with E-state index in [4.69, 9.17) is 15.9 Å². The summed E-state index contributed by atoms with van der Waals surface area (Å²) in [5.74, 6) is 0.446. The van der Waals surface area contributed by atoms with Gasteiger partial charge in [-0.1, -0.05) is 12.1 Å². The lowest BCUT2D eigenvalue weighted by Gasteiger charge is -2.15. The van der Waals surface area contributed by atoms with Crippen molar-refractivity contribution in [1.29, 1.82) is 5.41 Å². The summed E-state index contributed by atoms with van der Waals surface area (Å²) in [5.41, 5.74) is 7.47. The fraction of sp³-hybridized carbons (Fsp3) is 0.143. The molecule has 0 saturated heterocycles. The predicted molar refractivity (Wildman–Crippen MR) is 83.0 cm³/mol. The van der Waals surface area contributed by atoms with Gasteiger partial charge < -0.3 is 20.8 Å². The number of carbonyl (C=O) groups excluding carboxylic acids is 1. The first kappa shape index (κ1) is 14.6. The maximum absolute atomic E-state index is 11.4. The van der Waals surface area contributed by atoms with Gasteiger partial charge in [0.2, 0.25) is 5.62 Å². The number of nitrogens with two attached hydrogens (primary N) is 1. The summed E-state index contributed by atoms with van der Waals surface area (Å²) in [6.07, 6.45) is 1.46. The van der Waals surface area contributed by atoms with Crippen molar-refractivity contribution < 1.29 is 9.53 Å². The first-order chi connectivity index (χ1) is 11.1. The molecule has 5 N–H and O–H groups in total. The highest BCUT2D eigenvalue weighted by Crippen LogP contribution is 2.25. The van der Waals surface area contributed by atoms with Gasteiger partial charge in [-0.15, -0.1) is 0 Å². The largest absolute Gasteiger partial charge is 0.482 e. The van der Waals surface area contributed by atoms with Crippen LogP contribution in [0.3, 0.4) is 0 Å². The van der Waals surface area contributed by atoms with Gasteiger partial charge in [0, 0.05) is 7.05 Å². The molecule has 9 nitrogen and oxygen atoms in total. The number of hydrogen-bond donors (Lipinski definition) is 4. The van der Waals surface area contributed by atoms with E-state index < -0.39 is 0 Å². The second-order valence-corrected chi connectivity index (χ2v) is 4.69. The van der Waals surface area contributed by atoms with E-state index in [0.29, 0.717) is 22.6 Å². The number of ether oxygens (including phenoxy) is 1. The van der Waals surface area contributed by atoms with Gasteiger partial charge in [-0.25, -0.2) is 4.98 Å². The molecule has 23 heavy (non-hydrogen) atoms. The number of hydrogen-bond acceptors (Lipinski definition) is 6. The zero-order valence-electron chi connectivity index (χ0n) is 12.3. The van der Waals surface area contributed by atoms with Crippen LogP contribution >= 0.6 is 0 Å². The van der Waals surface area contributed by atoms with Gasteiger partial charge >= 0.3 is 0 Å². The molecule has 0 unspecified atom stereocenters. The van der Waals surface area contributed by atoms with E-state index in [1.807, 2.05) is 0 Å². The minimum atomic E-state index is -0.258. The average molecular weight is 313 g/mol. The number of rotatable bonds is 4. The third kappa shape index (κ3) is 2.59. The van der Waals surface area contributed by atoms with Gasteiger partial charge in [0.1, 0.15) is 17.1 Å². The molecule has 0 spiro atoms. The van der Waals surface area contributed by atoms with Crippen molar-refractivity contribution in [2.75, 3.05) is 19.4 Å². The highest BCUT2D eigenvalue weighted by Gasteiger charge is 2.14. The number of H-pyrrole nitrogens is 1. The smallest absolute Gasteiger partial charge is 0.257 e. The minimum absolute atomic E-state index is 0.0851. The number of amides is 1. The summed E-state index contributed by atoms with van der Waals surface area (Å²) in [6, 6.07) is 6.98. The number of nitrogens with one attached hydrogen (secondary N) is 3. The molecule has 118 valence electrons. The van der Waals surface area contributed by atoms with Gasteiger partial charge in [-0.3, -0.25) is 14.8 Å². The summed E-state index contributed by atoms with van der Waals surface area (Å²) in [6.45, 7) is -0.138. The zero-order valence-corrected chi connectivity index (χ0v) is 12.3. The number of nitrogen functional groups attached to an aromatic ring is 1. The number of nitrogens with zero attached hydrogens (tertiary/aromatic N) is 3. The molecule has 0 saturated carbocycles. The standard InChI is InChI=1S/C14H15N7O2/c1-17-10(22)6-23-9-5-3-2-4-8(9)21-12(15)11-13(19-7-18-11)20-14(21)16/h2-5,7H,6,15H2,1H3,(H,17,22)(H2,16,18,19,20). The monoisotopic (exact) mass is 313 g/mol. The Morgan fingerprint density at radius 2 is 2.26 bits per heavy atom. The van der Waals surface area contributed by atoms with Crippen LogP contribution in [0.5, 0.6) is 5.75 Å². The fourth-order valence-electron chi connectivity index (χ4n) is 2.16. The van der Waals surface area contributed by atoms with E-state index in [1.165, 1.54) is 17.9 Å². The SMILES string of the molecule is CNC(=O)COc1ccccc1-n1c(N)c2[nH]cnc2nc1=N. The van der Waals surface area contributed by atoms with Crippen molar-refractivity contribution >= 4 is 22.9 Å². The van der Waals surface area contributed by atoms with E-state index >= 15 is 0 Å².